The van der Waals surface area contributed by atoms with Crippen LogP contribution in [0.5, 0.6) is 0 Å². The molecule has 0 saturated heterocycles. The Labute approximate surface area is 83.2 Å². The Kier molecular flexibility index (Phi) is 3.86. The van der Waals surface area contributed by atoms with Crippen molar-refractivity contribution in [1.29, 1.82) is 0 Å². The summed E-state index contributed by atoms with van der Waals surface area (Å²) in [4.78, 5) is 21.5. The highest BCUT2D eigenvalue weighted by molar-refractivity contribution is 5.97. The summed E-state index contributed by atoms with van der Waals surface area (Å²) >= 11 is 0. The molecule has 0 unspecified atom stereocenters. The first-order valence-corrected chi connectivity index (χ1v) is 4.38. The molecule has 4 nitrogen and oxygen atoms in total. The fourth-order valence-corrected chi connectivity index (χ4v) is 1.31. The van der Waals surface area contributed by atoms with Gasteiger partial charge in [0.15, 0.2) is 0 Å². The first-order chi connectivity index (χ1) is 6.21. The molecule has 0 atom stereocenters. The van der Waals surface area contributed by atoms with Gasteiger partial charge in [-0.1, -0.05) is 27.7 Å². The van der Waals surface area contributed by atoms with Gasteiger partial charge in [0.25, 0.3) is 0 Å². The molecule has 0 aromatic heterocycles. The summed E-state index contributed by atoms with van der Waals surface area (Å²) in [7, 11) is 0. The summed E-state index contributed by atoms with van der Waals surface area (Å²) in [5.41, 5.74) is -1.15. The Hall–Kier alpha value is -1.32. The molecule has 14 heavy (non-hydrogen) atoms. The zero-order valence-corrected chi connectivity index (χ0v) is 8.84. The van der Waals surface area contributed by atoms with Crippen molar-refractivity contribution < 1.29 is 19.8 Å². The molecule has 80 valence electrons. The molecule has 0 amide bonds. The number of carboxylic acids is 2. The lowest BCUT2D eigenvalue weighted by Crippen LogP contribution is -2.36. The highest BCUT2D eigenvalue weighted by Crippen LogP contribution is 2.28. The maximum atomic E-state index is 10.8. The molecule has 0 aliphatic rings. The van der Waals surface area contributed by atoms with Gasteiger partial charge in [-0.25, -0.2) is 0 Å². The molecule has 4 heteroatoms. The first-order valence-electron chi connectivity index (χ1n) is 4.38. The quantitative estimate of drug-likeness (QED) is 0.558. The van der Waals surface area contributed by atoms with Crippen LogP contribution in [-0.2, 0) is 9.59 Å². The molecular weight excluding hydrogens is 184 g/mol. The maximum absolute atomic E-state index is 10.8. The number of hydrogen-bond acceptors (Lipinski definition) is 4. The highest BCUT2D eigenvalue weighted by Gasteiger charge is 2.21. The molecule has 0 bridgehead atoms. The maximum Gasteiger partial charge on any atom is 0.0683 e. The molecule has 0 rings (SSSR count). The van der Waals surface area contributed by atoms with Gasteiger partial charge in [-0.15, -0.1) is 0 Å². The summed E-state index contributed by atoms with van der Waals surface area (Å²) in [5.74, 6) is -2.89. The van der Waals surface area contributed by atoms with Crippen LogP contribution >= 0.6 is 0 Å². The third kappa shape index (κ3) is 2.87. The second-order valence-corrected chi connectivity index (χ2v) is 4.03. The molecule has 0 aromatic rings. The lowest BCUT2D eigenvalue weighted by atomic mass is 9.82. The molecule has 0 saturated carbocycles. The van der Waals surface area contributed by atoms with Crippen molar-refractivity contribution in [1.82, 2.24) is 0 Å². The number of rotatable bonds is 3. The summed E-state index contributed by atoms with van der Waals surface area (Å²) in [5, 5.41) is 21.5. The number of carbonyl (C=O) groups is 2. The van der Waals surface area contributed by atoms with Crippen LogP contribution < -0.4 is 10.2 Å². The van der Waals surface area contributed by atoms with Crippen molar-refractivity contribution in [2.24, 2.45) is 5.41 Å². The van der Waals surface area contributed by atoms with E-state index in [9.17, 15) is 19.8 Å². The Bertz CT molecular complexity index is 281. The van der Waals surface area contributed by atoms with E-state index in [0.717, 1.165) is 0 Å². The Morgan fingerprint density at radius 2 is 1.50 bits per heavy atom. The van der Waals surface area contributed by atoms with Gasteiger partial charge in [0.05, 0.1) is 11.9 Å². The number of carboxylic acid groups (broad SMARTS) is 2. The normalized spacial score (nSPS) is 13.4. The van der Waals surface area contributed by atoms with Crippen LogP contribution in [0.2, 0.25) is 0 Å². The molecule has 0 radical (unpaired) electrons. The van der Waals surface area contributed by atoms with E-state index >= 15 is 0 Å². The predicted molar refractivity (Wildman–Crippen MR) is 46.8 cm³/mol. The van der Waals surface area contributed by atoms with Crippen LogP contribution in [0.3, 0.4) is 0 Å². The van der Waals surface area contributed by atoms with Gasteiger partial charge in [-0.2, -0.15) is 0 Å². The van der Waals surface area contributed by atoms with Crippen LogP contribution in [0, 0.1) is 5.41 Å². The minimum atomic E-state index is -1.45. The second-order valence-electron chi connectivity index (χ2n) is 4.03. The van der Waals surface area contributed by atoms with E-state index in [4.69, 9.17) is 0 Å². The van der Waals surface area contributed by atoms with E-state index < -0.39 is 17.4 Å². The van der Waals surface area contributed by atoms with Gasteiger partial charge in [0.1, 0.15) is 0 Å². The summed E-state index contributed by atoms with van der Waals surface area (Å²) in [6.45, 7) is 6.43. The topological polar surface area (TPSA) is 80.3 Å². The minimum absolute atomic E-state index is 0.114. The number of carbonyl (C=O) groups excluding carboxylic acids is 2. The zero-order valence-electron chi connectivity index (χ0n) is 8.84. The van der Waals surface area contributed by atoms with Crippen LogP contribution in [-0.4, -0.2) is 11.9 Å². The van der Waals surface area contributed by atoms with Crippen molar-refractivity contribution in [2.45, 2.75) is 34.1 Å². The largest absolute Gasteiger partial charge is 0.545 e. The third-order valence-corrected chi connectivity index (χ3v) is 1.86. The van der Waals surface area contributed by atoms with Crippen LogP contribution in [0.1, 0.15) is 34.1 Å². The standard InChI is InChI=1S/C10H16O4/c1-5-6(8(11)12)7(9(13)14)10(2,3)4/h5H2,1-4H3,(H,11,12)(H,13,14)/p-2/b7-6+. The Balaban J connectivity index is 5.57. The lowest BCUT2D eigenvalue weighted by Gasteiger charge is -2.27. The van der Waals surface area contributed by atoms with Gasteiger partial charge in [0.2, 0.25) is 0 Å². The van der Waals surface area contributed by atoms with E-state index in [1.807, 2.05) is 0 Å². The van der Waals surface area contributed by atoms with E-state index in [1.54, 1.807) is 27.7 Å². The van der Waals surface area contributed by atoms with Crippen molar-refractivity contribution in [3.05, 3.63) is 11.1 Å². The van der Waals surface area contributed by atoms with E-state index in [2.05, 4.69) is 0 Å². The summed E-state index contributed by atoms with van der Waals surface area (Å²) in [6, 6.07) is 0. The molecule has 0 aliphatic heterocycles. The average molecular weight is 198 g/mol. The third-order valence-electron chi connectivity index (χ3n) is 1.86. The first kappa shape index (κ1) is 12.7. The van der Waals surface area contributed by atoms with E-state index in [0.29, 0.717) is 0 Å². The Morgan fingerprint density at radius 1 is 1.07 bits per heavy atom. The average Bonchev–Trinajstić information content (AvgIpc) is 1.95. The van der Waals surface area contributed by atoms with Crippen molar-refractivity contribution in [3.63, 3.8) is 0 Å². The van der Waals surface area contributed by atoms with Gasteiger partial charge < -0.3 is 19.8 Å². The molecular formula is C10H14O4-2. The van der Waals surface area contributed by atoms with Crippen molar-refractivity contribution >= 4 is 11.9 Å². The molecule has 0 aromatic carbocycles. The molecule has 0 heterocycles. The van der Waals surface area contributed by atoms with Gasteiger partial charge in [-0.05, 0) is 23.0 Å². The van der Waals surface area contributed by atoms with Gasteiger partial charge in [0, 0.05) is 0 Å². The zero-order chi connectivity index (χ0) is 11.5. The molecule has 0 aliphatic carbocycles. The van der Waals surface area contributed by atoms with Crippen molar-refractivity contribution in [3.8, 4) is 0 Å². The predicted octanol–water partition coefficient (Wildman–Crippen LogP) is -0.761. The fraction of sp³-hybridized carbons (Fsp3) is 0.600. The van der Waals surface area contributed by atoms with E-state index in [-0.39, 0.29) is 17.6 Å². The molecule has 0 spiro atoms. The smallest absolute Gasteiger partial charge is 0.0683 e. The van der Waals surface area contributed by atoms with Crippen molar-refractivity contribution in [2.75, 3.05) is 0 Å². The lowest BCUT2D eigenvalue weighted by molar-refractivity contribution is -0.305. The number of hydrogen-bond donors (Lipinski definition) is 0. The highest BCUT2D eigenvalue weighted by atomic mass is 16.4. The van der Waals surface area contributed by atoms with Gasteiger partial charge in [-0.3, -0.25) is 0 Å². The monoisotopic (exact) mass is 198 g/mol. The summed E-state index contributed by atoms with van der Waals surface area (Å²) < 4.78 is 0. The number of aliphatic carboxylic acids is 2. The summed E-state index contributed by atoms with van der Waals surface area (Å²) in [6.07, 6.45) is 0.114. The second kappa shape index (κ2) is 4.26. The van der Waals surface area contributed by atoms with Crippen LogP contribution in [0.15, 0.2) is 11.1 Å². The van der Waals surface area contributed by atoms with E-state index in [1.165, 1.54) is 0 Å². The van der Waals surface area contributed by atoms with Crippen LogP contribution in [0.25, 0.3) is 0 Å². The Morgan fingerprint density at radius 3 is 1.57 bits per heavy atom. The van der Waals surface area contributed by atoms with Gasteiger partial charge >= 0.3 is 0 Å². The molecule has 0 N–H and O–H groups in total. The molecule has 0 fully saturated rings. The minimum Gasteiger partial charge on any atom is -0.545 e. The fourth-order valence-electron chi connectivity index (χ4n) is 1.31. The SMILES string of the molecule is CC/C(C(=O)[O-])=C(/C(=O)[O-])C(C)(C)C. The van der Waals surface area contributed by atoms with Crippen LogP contribution in [0.4, 0.5) is 0 Å².